The molecule has 0 fully saturated rings. The van der Waals surface area contributed by atoms with Gasteiger partial charge in [-0.05, 0) is 6.92 Å². The molecular formula is C11H9ClN6. The maximum atomic E-state index is 9.03. The van der Waals surface area contributed by atoms with Gasteiger partial charge in [0, 0.05) is 12.6 Å². The fourth-order valence-electron chi connectivity index (χ4n) is 1.73. The molecule has 0 unspecified atom stereocenters. The van der Waals surface area contributed by atoms with Gasteiger partial charge in [0.25, 0.3) is 0 Å². The molecule has 0 amide bonds. The second-order valence-corrected chi connectivity index (χ2v) is 4.13. The van der Waals surface area contributed by atoms with Crippen molar-refractivity contribution in [3.8, 4) is 12.1 Å². The zero-order valence-electron chi connectivity index (χ0n) is 9.85. The molecule has 0 bridgehead atoms. The van der Waals surface area contributed by atoms with Crippen molar-refractivity contribution >= 4 is 11.6 Å². The fraction of sp³-hybridized carbons (Fsp3) is 0.273. The number of aromatic nitrogens is 4. The maximum absolute atomic E-state index is 9.03. The molecule has 2 rings (SSSR count). The van der Waals surface area contributed by atoms with Crippen LogP contribution in [0.5, 0.6) is 0 Å². The molecule has 0 saturated heterocycles. The molecule has 0 N–H and O–H groups in total. The zero-order valence-corrected chi connectivity index (χ0v) is 10.6. The van der Waals surface area contributed by atoms with E-state index in [2.05, 4.69) is 10.1 Å². The van der Waals surface area contributed by atoms with Gasteiger partial charge in [0.1, 0.15) is 17.3 Å². The van der Waals surface area contributed by atoms with Gasteiger partial charge < -0.3 is 4.57 Å². The van der Waals surface area contributed by atoms with E-state index in [0.29, 0.717) is 11.7 Å². The topological polar surface area (TPSA) is 83.2 Å². The summed E-state index contributed by atoms with van der Waals surface area (Å²) >= 11 is 6.12. The Morgan fingerprint density at radius 1 is 1.39 bits per heavy atom. The molecule has 0 aromatic carbocycles. The lowest BCUT2D eigenvalue weighted by Crippen LogP contribution is -2.02. The summed E-state index contributed by atoms with van der Waals surface area (Å²) < 4.78 is 3.16. The summed E-state index contributed by atoms with van der Waals surface area (Å²) in [5.41, 5.74) is 1.96. The Bertz CT molecular complexity index is 682. The Morgan fingerprint density at radius 2 is 2.11 bits per heavy atom. The second-order valence-electron chi connectivity index (χ2n) is 3.77. The standard InChI is InChI=1S/C11H9ClN6/c1-7-8(11(12)17(2)16-7)5-18-6-15-9(3-13)10(18)4-14/h6H,5H2,1-2H3. The van der Waals surface area contributed by atoms with E-state index in [-0.39, 0.29) is 11.4 Å². The highest BCUT2D eigenvalue weighted by Crippen LogP contribution is 2.20. The predicted octanol–water partition coefficient (Wildman–Crippen LogP) is 1.37. The van der Waals surface area contributed by atoms with Crippen LogP contribution in [0, 0.1) is 29.6 Å². The first-order chi connectivity index (χ1) is 8.58. The number of hydrogen-bond acceptors (Lipinski definition) is 4. The fourth-order valence-corrected chi connectivity index (χ4v) is 1.96. The van der Waals surface area contributed by atoms with Gasteiger partial charge >= 0.3 is 0 Å². The number of rotatable bonds is 2. The molecule has 2 aromatic heterocycles. The first kappa shape index (κ1) is 12.2. The van der Waals surface area contributed by atoms with E-state index in [1.807, 2.05) is 19.1 Å². The minimum Gasteiger partial charge on any atom is -0.317 e. The van der Waals surface area contributed by atoms with Crippen molar-refractivity contribution in [2.75, 3.05) is 0 Å². The lowest BCUT2D eigenvalue weighted by atomic mass is 10.2. The number of nitrogens with zero attached hydrogens (tertiary/aromatic N) is 6. The number of nitriles is 2. The summed E-state index contributed by atoms with van der Waals surface area (Å²) in [5, 5.41) is 22.6. The summed E-state index contributed by atoms with van der Waals surface area (Å²) in [6.07, 6.45) is 1.46. The van der Waals surface area contributed by atoms with Gasteiger partial charge in [-0.3, -0.25) is 4.68 Å². The molecular weight excluding hydrogens is 252 g/mol. The van der Waals surface area contributed by atoms with Crippen molar-refractivity contribution in [3.05, 3.63) is 34.1 Å². The van der Waals surface area contributed by atoms with Crippen LogP contribution in [0.15, 0.2) is 6.33 Å². The molecule has 2 aromatic rings. The van der Waals surface area contributed by atoms with E-state index in [1.54, 1.807) is 16.3 Å². The average Bonchev–Trinajstić information content (AvgIpc) is 2.85. The first-order valence-corrected chi connectivity index (χ1v) is 5.49. The van der Waals surface area contributed by atoms with Crippen LogP contribution < -0.4 is 0 Å². The van der Waals surface area contributed by atoms with Crippen molar-refractivity contribution in [3.63, 3.8) is 0 Å². The van der Waals surface area contributed by atoms with Gasteiger partial charge in [0.15, 0.2) is 11.4 Å². The summed E-state index contributed by atoms with van der Waals surface area (Å²) in [4.78, 5) is 3.88. The Labute approximate surface area is 109 Å². The molecule has 0 aliphatic carbocycles. The lowest BCUT2D eigenvalue weighted by Gasteiger charge is -2.03. The Morgan fingerprint density at radius 3 is 2.61 bits per heavy atom. The van der Waals surface area contributed by atoms with Gasteiger partial charge in [-0.15, -0.1) is 0 Å². The predicted molar refractivity (Wildman–Crippen MR) is 63.7 cm³/mol. The monoisotopic (exact) mass is 260 g/mol. The largest absolute Gasteiger partial charge is 0.317 e. The Hall–Kier alpha value is -2.31. The molecule has 0 aliphatic rings. The number of hydrogen-bond donors (Lipinski definition) is 0. The highest BCUT2D eigenvalue weighted by molar-refractivity contribution is 6.30. The van der Waals surface area contributed by atoms with Crippen molar-refractivity contribution in [1.82, 2.24) is 19.3 Å². The Kier molecular flexibility index (Phi) is 3.05. The third-order valence-corrected chi connectivity index (χ3v) is 3.12. The molecule has 0 atom stereocenters. The minimum atomic E-state index is 0.121. The molecule has 90 valence electrons. The van der Waals surface area contributed by atoms with Gasteiger partial charge in [0.2, 0.25) is 0 Å². The van der Waals surface area contributed by atoms with Crippen LogP contribution in [0.4, 0.5) is 0 Å². The third-order valence-electron chi connectivity index (χ3n) is 2.65. The summed E-state index contributed by atoms with van der Waals surface area (Å²) in [7, 11) is 1.75. The van der Waals surface area contributed by atoms with Crippen LogP contribution in [-0.4, -0.2) is 19.3 Å². The van der Waals surface area contributed by atoms with E-state index in [4.69, 9.17) is 22.1 Å². The minimum absolute atomic E-state index is 0.121. The number of aryl methyl sites for hydroxylation is 2. The van der Waals surface area contributed by atoms with E-state index in [1.165, 1.54) is 6.33 Å². The molecule has 0 aliphatic heterocycles. The lowest BCUT2D eigenvalue weighted by molar-refractivity contribution is 0.756. The van der Waals surface area contributed by atoms with Crippen LogP contribution in [0.3, 0.4) is 0 Å². The third kappa shape index (κ3) is 1.83. The number of imidazole rings is 1. The van der Waals surface area contributed by atoms with Crippen molar-refractivity contribution < 1.29 is 0 Å². The molecule has 6 nitrogen and oxygen atoms in total. The smallest absolute Gasteiger partial charge is 0.176 e. The van der Waals surface area contributed by atoms with Crippen LogP contribution >= 0.6 is 11.6 Å². The van der Waals surface area contributed by atoms with Crippen molar-refractivity contribution in [2.45, 2.75) is 13.5 Å². The van der Waals surface area contributed by atoms with Gasteiger partial charge in [-0.2, -0.15) is 15.6 Å². The first-order valence-electron chi connectivity index (χ1n) is 5.11. The van der Waals surface area contributed by atoms with Crippen LogP contribution in [0.2, 0.25) is 5.15 Å². The quantitative estimate of drug-likeness (QED) is 0.816. The summed E-state index contributed by atoms with van der Waals surface area (Å²) in [5.74, 6) is 0. The van der Waals surface area contributed by atoms with Crippen LogP contribution in [0.1, 0.15) is 22.6 Å². The second kappa shape index (κ2) is 4.52. The molecule has 18 heavy (non-hydrogen) atoms. The maximum Gasteiger partial charge on any atom is 0.176 e. The van der Waals surface area contributed by atoms with Crippen molar-refractivity contribution in [1.29, 1.82) is 10.5 Å². The zero-order chi connectivity index (χ0) is 13.3. The highest BCUT2D eigenvalue weighted by Gasteiger charge is 2.15. The Balaban J connectivity index is 2.45. The van der Waals surface area contributed by atoms with Gasteiger partial charge in [-0.25, -0.2) is 4.98 Å². The highest BCUT2D eigenvalue weighted by atomic mass is 35.5. The summed E-state index contributed by atoms with van der Waals surface area (Å²) in [6.45, 7) is 2.21. The van der Waals surface area contributed by atoms with Gasteiger partial charge in [0.05, 0.1) is 18.6 Å². The summed E-state index contributed by atoms with van der Waals surface area (Å²) in [6, 6.07) is 3.85. The van der Waals surface area contributed by atoms with Gasteiger partial charge in [-0.1, -0.05) is 11.6 Å². The van der Waals surface area contributed by atoms with Crippen LogP contribution in [0.25, 0.3) is 0 Å². The SMILES string of the molecule is Cc1nn(C)c(Cl)c1Cn1cnc(C#N)c1C#N. The number of halogens is 1. The molecule has 0 saturated carbocycles. The molecule has 7 heteroatoms. The van der Waals surface area contributed by atoms with E-state index < -0.39 is 0 Å². The molecule has 0 radical (unpaired) electrons. The van der Waals surface area contributed by atoms with Crippen LogP contribution in [-0.2, 0) is 13.6 Å². The molecule has 2 heterocycles. The average molecular weight is 261 g/mol. The van der Waals surface area contributed by atoms with Crippen molar-refractivity contribution in [2.24, 2.45) is 7.05 Å². The van der Waals surface area contributed by atoms with E-state index >= 15 is 0 Å². The normalized spacial score (nSPS) is 10.1. The van der Waals surface area contributed by atoms with E-state index in [9.17, 15) is 0 Å². The van der Waals surface area contributed by atoms with E-state index in [0.717, 1.165) is 11.3 Å². The molecule has 0 spiro atoms.